The van der Waals surface area contributed by atoms with Crippen LogP contribution in [0.5, 0.6) is 5.75 Å². The van der Waals surface area contributed by atoms with E-state index in [1.165, 1.54) is 0 Å². The minimum Gasteiger partial charge on any atom is -0.493 e. The van der Waals surface area contributed by atoms with Crippen LogP contribution in [0.15, 0.2) is 22.7 Å². The molecule has 0 spiro atoms. The number of hydrogen-bond donors (Lipinski definition) is 0. The molecule has 0 radical (unpaired) electrons. The third kappa shape index (κ3) is 5.04. The standard InChI is InChI=1S/C11H16BrClOSi/c1-15(2,3)7-6-14-11-8-9(13)4-5-10(11)12/h4-5,8H,6-7H2,1-3H3. The average Bonchev–Trinajstić information content (AvgIpc) is 2.09. The summed E-state index contributed by atoms with van der Waals surface area (Å²) in [4.78, 5) is 0. The molecule has 0 aliphatic heterocycles. The van der Waals surface area contributed by atoms with Gasteiger partial charge in [-0.3, -0.25) is 0 Å². The molecular weight excluding hydrogens is 292 g/mol. The fourth-order valence-electron chi connectivity index (χ4n) is 1.05. The largest absolute Gasteiger partial charge is 0.493 e. The summed E-state index contributed by atoms with van der Waals surface area (Å²) in [5.74, 6) is 0.834. The first-order valence-corrected chi connectivity index (χ1v) is 9.84. The van der Waals surface area contributed by atoms with Crippen LogP contribution < -0.4 is 4.74 Å². The van der Waals surface area contributed by atoms with Gasteiger partial charge in [-0.1, -0.05) is 31.2 Å². The van der Waals surface area contributed by atoms with Gasteiger partial charge < -0.3 is 4.74 Å². The van der Waals surface area contributed by atoms with Gasteiger partial charge in [-0.25, -0.2) is 0 Å². The van der Waals surface area contributed by atoms with Gasteiger partial charge in [0.25, 0.3) is 0 Å². The molecule has 0 aliphatic carbocycles. The van der Waals surface area contributed by atoms with E-state index in [9.17, 15) is 0 Å². The lowest BCUT2D eigenvalue weighted by molar-refractivity contribution is 0.336. The summed E-state index contributed by atoms with van der Waals surface area (Å²) >= 11 is 9.33. The Morgan fingerprint density at radius 2 is 2.00 bits per heavy atom. The molecule has 0 aromatic heterocycles. The lowest BCUT2D eigenvalue weighted by Crippen LogP contribution is -2.22. The highest BCUT2D eigenvalue weighted by atomic mass is 79.9. The van der Waals surface area contributed by atoms with Crippen LogP contribution in [-0.4, -0.2) is 14.7 Å². The highest BCUT2D eigenvalue weighted by molar-refractivity contribution is 9.10. The number of rotatable bonds is 4. The SMILES string of the molecule is C[Si](C)(C)CCOc1cc(Cl)ccc1Br. The second-order valence-corrected chi connectivity index (χ2v) is 11.6. The first kappa shape index (κ1) is 13.1. The molecule has 84 valence electrons. The van der Waals surface area contributed by atoms with Gasteiger partial charge in [0.05, 0.1) is 11.1 Å². The second-order valence-electron chi connectivity index (χ2n) is 4.73. The summed E-state index contributed by atoms with van der Waals surface area (Å²) in [6.07, 6.45) is 0. The first-order valence-electron chi connectivity index (χ1n) is 4.96. The van der Waals surface area contributed by atoms with E-state index in [0.29, 0.717) is 5.02 Å². The predicted molar refractivity (Wildman–Crippen MR) is 72.8 cm³/mol. The number of benzene rings is 1. The molecule has 4 heteroatoms. The Morgan fingerprint density at radius 1 is 1.33 bits per heavy atom. The topological polar surface area (TPSA) is 9.23 Å². The quantitative estimate of drug-likeness (QED) is 0.725. The van der Waals surface area contributed by atoms with Crippen molar-refractivity contribution < 1.29 is 4.74 Å². The van der Waals surface area contributed by atoms with Crippen molar-refractivity contribution in [3.8, 4) is 5.75 Å². The molecule has 0 saturated carbocycles. The van der Waals surface area contributed by atoms with E-state index in [1.54, 1.807) is 0 Å². The maximum absolute atomic E-state index is 5.89. The third-order valence-electron chi connectivity index (χ3n) is 2.00. The van der Waals surface area contributed by atoms with Crippen molar-refractivity contribution in [1.29, 1.82) is 0 Å². The zero-order valence-electron chi connectivity index (χ0n) is 9.31. The minimum atomic E-state index is -1.02. The molecule has 0 aliphatic rings. The van der Waals surface area contributed by atoms with Crippen molar-refractivity contribution >= 4 is 35.6 Å². The van der Waals surface area contributed by atoms with Gasteiger partial charge in [0.2, 0.25) is 0 Å². The van der Waals surface area contributed by atoms with Crippen LogP contribution in [0.1, 0.15) is 0 Å². The van der Waals surface area contributed by atoms with E-state index >= 15 is 0 Å². The summed E-state index contributed by atoms with van der Waals surface area (Å²) in [5, 5.41) is 0.709. The van der Waals surface area contributed by atoms with Crippen molar-refractivity contribution in [3.05, 3.63) is 27.7 Å². The maximum atomic E-state index is 5.89. The summed E-state index contributed by atoms with van der Waals surface area (Å²) in [5.41, 5.74) is 0. The Labute approximate surface area is 106 Å². The fraction of sp³-hybridized carbons (Fsp3) is 0.455. The van der Waals surface area contributed by atoms with Crippen LogP contribution in [0.4, 0.5) is 0 Å². The monoisotopic (exact) mass is 306 g/mol. The molecular formula is C11H16BrClOSi. The summed E-state index contributed by atoms with van der Waals surface area (Å²) < 4.78 is 6.66. The molecule has 0 N–H and O–H groups in total. The zero-order chi connectivity index (χ0) is 11.5. The Balaban J connectivity index is 2.54. The van der Waals surface area contributed by atoms with Crippen LogP contribution in [-0.2, 0) is 0 Å². The molecule has 0 atom stereocenters. The molecule has 0 heterocycles. The van der Waals surface area contributed by atoms with Crippen molar-refractivity contribution in [3.63, 3.8) is 0 Å². The van der Waals surface area contributed by atoms with E-state index in [1.807, 2.05) is 18.2 Å². The van der Waals surface area contributed by atoms with E-state index in [2.05, 4.69) is 35.6 Å². The van der Waals surface area contributed by atoms with E-state index in [0.717, 1.165) is 22.9 Å². The van der Waals surface area contributed by atoms with Crippen LogP contribution in [0.3, 0.4) is 0 Å². The van der Waals surface area contributed by atoms with E-state index in [4.69, 9.17) is 16.3 Å². The summed E-state index contributed by atoms with van der Waals surface area (Å²) in [6.45, 7) is 7.78. The Kier molecular flexibility index (Phi) is 4.68. The lowest BCUT2D eigenvalue weighted by Gasteiger charge is -2.16. The van der Waals surface area contributed by atoms with Crippen LogP contribution in [0.2, 0.25) is 30.7 Å². The molecule has 0 saturated heterocycles. The van der Waals surface area contributed by atoms with Gasteiger partial charge >= 0.3 is 0 Å². The van der Waals surface area contributed by atoms with Crippen LogP contribution in [0.25, 0.3) is 0 Å². The van der Waals surface area contributed by atoms with Gasteiger partial charge in [-0.05, 0) is 40.2 Å². The molecule has 0 amide bonds. The van der Waals surface area contributed by atoms with Crippen LogP contribution in [0, 0.1) is 0 Å². The molecule has 1 rings (SSSR count). The van der Waals surface area contributed by atoms with Gasteiger partial charge in [-0.2, -0.15) is 0 Å². The van der Waals surface area contributed by atoms with Crippen LogP contribution >= 0.6 is 27.5 Å². The normalized spacial score (nSPS) is 11.5. The van der Waals surface area contributed by atoms with Gasteiger partial charge in [0.15, 0.2) is 0 Å². The second kappa shape index (κ2) is 5.37. The molecule has 1 nitrogen and oxygen atoms in total. The Bertz CT molecular complexity index is 336. The molecule has 15 heavy (non-hydrogen) atoms. The maximum Gasteiger partial charge on any atom is 0.134 e. The van der Waals surface area contributed by atoms with Gasteiger partial charge in [0, 0.05) is 13.1 Å². The van der Waals surface area contributed by atoms with E-state index < -0.39 is 8.07 Å². The van der Waals surface area contributed by atoms with Crippen molar-refractivity contribution in [2.24, 2.45) is 0 Å². The van der Waals surface area contributed by atoms with Crippen molar-refractivity contribution in [2.45, 2.75) is 25.7 Å². The molecule has 1 aromatic rings. The van der Waals surface area contributed by atoms with E-state index in [-0.39, 0.29) is 0 Å². The van der Waals surface area contributed by atoms with Crippen molar-refractivity contribution in [2.75, 3.05) is 6.61 Å². The minimum absolute atomic E-state index is 0.709. The first-order chi connectivity index (χ1) is 6.88. The number of ether oxygens (including phenoxy) is 1. The molecule has 0 fully saturated rings. The molecule has 0 unspecified atom stereocenters. The highest BCUT2D eigenvalue weighted by Gasteiger charge is 2.13. The fourth-order valence-corrected chi connectivity index (χ4v) is 2.29. The Hall–Kier alpha value is 0.00688. The number of hydrogen-bond acceptors (Lipinski definition) is 1. The van der Waals surface area contributed by atoms with Crippen molar-refractivity contribution in [1.82, 2.24) is 0 Å². The zero-order valence-corrected chi connectivity index (χ0v) is 12.7. The highest BCUT2D eigenvalue weighted by Crippen LogP contribution is 2.28. The van der Waals surface area contributed by atoms with Gasteiger partial charge in [0.1, 0.15) is 5.75 Å². The smallest absolute Gasteiger partial charge is 0.134 e. The summed E-state index contributed by atoms with van der Waals surface area (Å²) in [7, 11) is -1.02. The summed E-state index contributed by atoms with van der Waals surface area (Å²) in [6, 6.07) is 6.75. The average molecular weight is 308 g/mol. The lowest BCUT2D eigenvalue weighted by atomic mass is 10.3. The predicted octanol–water partition coefficient (Wildman–Crippen LogP) is 4.82. The number of halogens is 2. The third-order valence-corrected chi connectivity index (χ3v) is 4.60. The van der Waals surface area contributed by atoms with Gasteiger partial charge in [-0.15, -0.1) is 0 Å². The Morgan fingerprint density at radius 3 is 2.60 bits per heavy atom. The molecule has 1 aromatic carbocycles. The molecule has 0 bridgehead atoms.